The Labute approximate surface area is 156 Å². The minimum Gasteiger partial charge on any atom is -0.348 e. The van der Waals surface area contributed by atoms with Gasteiger partial charge >= 0.3 is 0 Å². The molecule has 2 saturated heterocycles. The first-order chi connectivity index (χ1) is 11.9. The van der Waals surface area contributed by atoms with E-state index in [4.69, 9.17) is 12.2 Å². The molecule has 7 heteroatoms. The fraction of sp³-hybridized carbons (Fsp3) is 0.611. The number of rotatable bonds is 3. The molecule has 1 N–H and O–H groups in total. The average molecular weight is 382 g/mol. The lowest BCUT2D eigenvalue weighted by Gasteiger charge is -2.36. The highest BCUT2D eigenvalue weighted by Crippen LogP contribution is 2.24. The summed E-state index contributed by atoms with van der Waals surface area (Å²) in [5, 5.41) is 3.97. The van der Waals surface area contributed by atoms with Gasteiger partial charge in [-0.2, -0.15) is 4.31 Å². The Morgan fingerprint density at radius 3 is 2.20 bits per heavy atom. The van der Waals surface area contributed by atoms with Gasteiger partial charge in [-0.25, -0.2) is 8.42 Å². The van der Waals surface area contributed by atoms with Crippen molar-refractivity contribution in [1.29, 1.82) is 0 Å². The van der Waals surface area contributed by atoms with Crippen LogP contribution in [0.5, 0.6) is 0 Å². The fourth-order valence-electron chi connectivity index (χ4n) is 3.82. The molecule has 3 rings (SSSR count). The van der Waals surface area contributed by atoms with E-state index in [2.05, 4.69) is 24.1 Å². The molecule has 0 amide bonds. The van der Waals surface area contributed by atoms with Crippen LogP contribution in [0.3, 0.4) is 0 Å². The van der Waals surface area contributed by atoms with Crippen molar-refractivity contribution >= 4 is 33.0 Å². The van der Waals surface area contributed by atoms with Crippen molar-refractivity contribution in [2.45, 2.75) is 38.0 Å². The molecule has 2 fully saturated rings. The van der Waals surface area contributed by atoms with Crippen LogP contribution >= 0.6 is 12.2 Å². The van der Waals surface area contributed by atoms with E-state index in [1.807, 2.05) is 0 Å². The van der Waals surface area contributed by atoms with E-state index in [0.717, 1.165) is 31.6 Å². The smallest absolute Gasteiger partial charge is 0.243 e. The van der Waals surface area contributed by atoms with Crippen molar-refractivity contribution < 1.29 is 8.42 Å². The van der Waals surface area contributed by atoms with Crippen molar-refractivity contribution in [2.24, 2.45) is 11.8 Å². The largest absolute Gasteiger partial charge is 0.348 e. The Balaban J connectivity index is 1.65. The first-order valence-corrected chi connectivity index (χ1v) is 10.9. The summed E-state index contributed by atoms with van der Waals surface area (Å²) in [5.74, 6) is 1.27. The van der Waals surface area contributed by atoms with Crippen LogP contribution in [0.2, 0.25) is 0 Å². The monoisotopic (exact) mass is 381 g/mol. The van der Waals surface area contributed by atoms with E-state index < -0.39 is 10.0 Å². The summed E-state index contributed by atoms with van der Waals surface area (Å²) >= 11 is 5.54. The Kier molecular flexibility index (Phi) is 5.65. The number of anilines is 1. The molecule has 25 heavy (non-hydrogen) atoms. The van der Waals surface area contributed by atoms with Crippen LogP contribution in [0.1, 0.15) is 33.1 Å². The van der Waals surface area contributed by atoms with Gasteiger partial charge in [0.05, 0.1) is 4.90 Å². The van der Waals surface area contributed by atoms with Crippen molar-refractivity contribution in [3.8, 4) is 0 Å². The third kappa shape index (κ3) is 4.33. The molecule has 2 heterocycles. The van der Waals surface area contributed by atoms with Gasteiger partial charge in [-0.3, -0.25) is 0 Å². The van der Waals surface area contributed by atoms with Gasteiger partial charge in [0.15, 0.2) is 5.11 Å². The van der Waals surface area contributed by atoms with Crippen LogP contribution < -0.4 is 5.32 Å². The molecule has 0 saturated carbocycles. The predicted octanol–water partition coefficient (Wildman–Crippen LogP) is 3.15. The second-order valence-electron chi connectivity index (χ2n) is 7.42. The molecular formula is C18H27N3O2S2. The molecule has 1 aromatic carbocycles. The maximum atomic E-state index is 12.6. The minimum atomic E-state index is -3.36. The molecule has 0 aliphatic carbocycles. The number of hydrogen-bond donors (Lipinski definition) is 1. The predicted molar refractivity (Wildman–Crippen MR) is 105 cm³/mol. The van der Waals surface area contributed by atoms with Crippen molar-refractivity contribution in [3.05, 3.63) is 24.3 Å². The Morgan fingerprint density at radius 2 is 1.64 bits per heavy atom. The van der Waals surface area contributed by atoms with Crippen LogP contribution in [-0.2, 0) is 10.0 Å². The van der Waals surface area contributed by atoms with E-state index in [1.54, 1.807) is 28.6 Å². The molecule has 0 spiro atoms. The molecule has 2 aliphatic heterocycles. The Hall–Kier alpha value is -1.18. The van der Waals surface area contributed by atoms with Crippen LogP contribution in [0.15, 0.2) is 29.2 Å². The fourth-order valence-corrected chi connectivity index (χ4v) is 5.60. The number of benzene rings is 1. The summed E-state index contributed by atoms with van der Waals surface area (Å²) in [7, 11) is -3.36. The second kappa shape index (κ2) is 7.60. The lowest BCUT2D eigenvalue weighted by atomic mass is 9.92. The maximum absolute atomic E-state index is 12.6. The normalized spacial score (nSPS) is 25.1. The highest BCUT2D eigenvalue weighted by atomic mass is 32.2. The lowest BCUT2D eigenvalue weighted by molar-refractivity contribution is 0.216. The van der Waals surface area contributed by atoms with Crippen LogP contribution in [-0.4, -0.2) is 48.9 Å². The average Bonchev–Trinajstić information content (AvgIpc) is 3.09. The molecule has 5 nitrogen and oxygen atoms in total. The van der Waals surface area contributed by atoms with Crippen molar-refractivity contribution in [2.75, 3.05) is 31.5 Å². The summed E-state index contributed by atoms with van der Waals surface area (Å²) in [4.78, 5) is 2.56. The minimum absolute atomic E-state index is 0.353. The molecule has 2 atom stereocenters. The van der Waals surface area contributed by atoms with Gasteiger partial charge < -0.3 is 10.2 Å². The van der Waals surface area contributed by atoms with Crippen molar-refractivity contribution in [3.63, 3.8) is 0 Å². The molecule has 0 unspecified atom stereocenters. The third-order valence-corrected chi connectivity index (χ3v) is 7.24. The van der Waals surface area contributed by atoms with Gasteiger partial charge in [-0.15, -0.1) is 0 Å². The van der Waals surface area contributed by atoms with Crippen LogP contribution in [0, 0.1) is 11.8 Å². The SMILES string of the molecule is C[C@@H]1C[C@@H](C)CN(C(=S)Nc2ccc(S(=O)(=O)N3CCCC3)cc2)C1. The summed E-state index contributed by atoms with van der Waals surface area (Å²) in [6.07, 6.45) is 3.13. The molecule has 0 bridgehead atoms. The van der Waals surface area contributed by atoms with E-state index in [1.165, 1.54) is 6.42 Å². The van der Waals surface area contributed by atoms with Crippen LogP contribution in [0.4, 0.5) is 5.69 Å². The molecule has 0 radical (unpaired) electrons. The topological polar surface area (TPSA) is 52.7 Å². The molecule has 0 aromatic heterocycles. The van der Waals surface area contributed by atoms with Gasteiger partial charge in [0, 0.05) is 31.9 Å². The summed E-state index contributed by atoms with van der Waals surface area (Å²) in [6.45, 7) is 7.69. The maximum Gasteiger partial charge on any atom is 0.243 e. The third-order valence-electron chi connectivity index (χ3n) is 4.96. The van der Waals surface area contributed by atoms with Gasteiger partial charge in [0.25, 0.3) is 0 Å². The zero-order valence-corrected chi connectivity index (χ0v) is 16.6. The molecule has 2 aliphatic rings. The first-order valence-electron chi connectivity index (χ1n) is 9.02. The highest BCUT2D eigenvalue weighted by molar-refractivity contribution is 7.89. The number of nitrogens with zero attached hydrogens (tertiary/aromatic N) is 2. The van der Waals surface area contributed by atoms with E-state index in [9.17, 15) is 8.42 Å². The zero-order chi connectivity index (χ0) is 18.0. The highest BCUT2D eigenvalue weighted by Gasteiger charge is 2.27. The quantitative estimate of drug-likeness (QED) is 0.815. The number of likely N-dealkylation sites (tertiary alicyclic amines) is 1. The Morgan fingerprint density at radius 1 is 1.08 bits per heavy atom. The van der Waals surface area contributed by atoms with Gasteiger partial charge in [-0.1, -0.05) is 13.8 Å². The number of hydrogen-bond acceptors (Lipinski definition) is 3. The number of nitrogens with one attached hydrogen (secondary N) is 1. The summed E-state index contributed by atoms with van der Waals surface area (Å²) in [6, 6.07) is 6.93. The second-order valence-corrected chi connectivity index (χ2v) is 9.74. The molecular weight excluding hydrogens is 354 g/mol. The summed E-state index contributed by atoms with van der Waals surface area (Å²) in [5.41, 5.74) is 0.830. The Bertz CT molecular complexity index is 702. The van der Waals surface area contributed by atoms with Gasteiger partial charge in [0.2, 0.25) is 10.0 Å². The van der Waals surface area contributed by atoms with Gasteiger partial charge in [0.1, 0.15) is 0 Å². The van der Waals surface area contributed by atoms with Crippen molar-refractivity contribution in [1.82, 2.24) is 9.21 Å². The lowest BCUT2D eigenvalue weighted by Crippen LogP contribution is -2.44. The number of piperidine rings is 1. The zero-order valence-electron chi connectivity index (χ0n) is 14.9. The standard InChI is InChI=1S/C18H27N3O2S2/c1-14-11-15(2)13-20(12-14)18(24)19-16-5-7-17(8-6-16)25(22,23)21-9-3-4-10-21/h5-8,14-15H,3-4,9-13H2,1-2H3,(H,19,24)/t14-,15-/m1/s1. The van der Waals surface area contributed by atoms with Gasteiger partial charge in [-0.05, 0) is 67.6 Å². The molecule has 1 aromatic rings. The number of sulfonamides is 1. The molecule has 138 valence electrons. The van der Waals surface area contributed by atoms with E-state index >= 15 is 0 Å². The first kappa shape index (κ1) is 18.6. The summed E-state index contributed by atoms with van der Waals surface area (Å²) < 4.78 is 26.7. The van der Waals surface area contributed by atoms with Crippen LogP contribution in [0.25, 0.3) is 0 Å². The van der Waals surface area contributed by atoms with E-state index in [0.29, 0.717) is 34.9 Å². The van der Waals surface area contributed by atoms with E-state index in [-0.39, 0.29) is 0 Å². The number of thiocarbonyl (C=S) groups is 1.